The number of pyridine rings is 2. The van der Waals surface area contributed by atoms with Crippen LogP contribution in [0.5, 0.6) is 0 Å². The number of nitrogens with zero attached hydrogens (tertiary/aromatic N) is 2. The van der Waals surface area contributed by atoms with E-state index in [4.69, 9.17) is 0 Å². The van der Waals surface area contributed by atoms with Crippen LogP contribution in [0.3, 0.4) is 0 Å². The standard InChI is InChI=1S/C10H8N2.C7H10O3.Ca.2H/c1-3-7-11-9(5-1)10-6-2-4-8-12-10;1-4(8)7(5(2)9)6(3)10;;;/h1-8H;7H,1-3H3;;;. The zero-order chi connectivity index (χ0) is 16.5. The number of hydrogen-bond donors (Lipinski definition) is 0. The molecule has 0 N–H and O–H groups in total. The molecule has 0 aliphatic heterocycles. The third kappa shape index (κ3) is 7.59. The number of hydrogen-bond acceptors (Lipinski definition) is 5. The normalized spacial score (nSPS) is 9.22. The monoisotopic (exact) mass is 340 g/mol. The van der Waals surface area contributed by atoms with Gasteiger partial charge in [-0.05, 0) is 45.0 Å². The van der Waals surface area contributed by atoms with Gasteiger partial charge in [-0.3, -0.25) is 24.4 Å². The second-order valence-corrected chi connectivity index (χ2v) is 4.69. The number of carbonyl (C=O) groups is 3. The molecule has 0 unspecified atom stereocenters. The fourth-order valence-corrected chi connectivity index (χ4v) is 1.89. The van der Waals surface area contributed by atoms with Crippen molar-refractivity contribution in [3.8, 4) is 11.4 Å². The van der Waals surface area contributed by atoms with Crippen LogP contribution in [0.25, 0.3) is 11.4 Å². The van der Waals surface area contributed by atoms with Crippen LogP contribution in [0, 0.1) is 5.92 Å². The molecule has 0 saturated carbocycles. The molecular weight excluding hydrogens is 320 g/mol. The van der Waals surface area contributed by atoms with Gasteiger partial charge in [-0.2, -0.15) is 0 Å². The van der Waals surface area contributed by atoms with Crippen molar-refractivity contribution in [3.05, 3.63) is 48.8 Å². The summed E-state index contributed by atoms with van der Waals surface area (Å²) < 4.78 is 0. The van der Waals surface area contributed by atoms with E-state index in [2.05, 4.69) is 9.97 Å². The van der Waals surface area contributed by atoms with E-state index in [-0.39, 0.29) is 55.1 Å². The summed E-state index contributed by atoms with van der Waals surface area (Å²) in [5.41, 5.74) is 1.83. The summed E-state index contributed by atoms with van der Waals surface area (Å²) in [5.74, 6) is -2.15. The summed E-state index contributed by atoms with van der Waals surface area (Å²) in [4.78, 5) is 40.1. The van der Waals surface area contributed by atoms with E-state index in [9.17, 15) is 14.4 Å². The molecule has 0 fully saturated rings. The molecule has 0 radical (unpaired) electrons. The van der Waals surface area contributed by atoms with Crippen LogP contribution in [-0.4, -0.2) is 65.1 Å². The van der Waals surface area contributed by atoms with Gasteiger partial charge >= 0.3 is 37.7 Å². The van der Waals surface area contributed by atoms with E-state index < -0.39 is 5.92 Å². The van der Waals surface area contributed by atoms with Crippen LogP contribution < -0.4 is 0 Å². The van der Waals surface area contributed by atoms with Gasteiger partial charge in [-0.1, -0.05) is 12.1 Å². The summed E-state index contributed by atoms with van der Waals surface area (Å²) in [6.45, 7) is 3.73. The van der Waals surface area contributed by atoms with Crippen molar-refractivity contribution in [1.29, 1.82) is 0 Å². The third-order valence-electron chi connectivity index (χ3n) is 2.81. The predicted octanol–water partition coefficient (Wildman–Crippen LogP) is 1.60. The first-order valence-corrected chi connectivity index (χ1v) is 6.77. The second-order valence-electron chi connectivity index (χ2n) is 4.69. The molecule has 0 amide bonds. The largest absolute Gasteiger partial charge is 0.255 e. The average Bonchev–Trinajstić information content (AvgIpc) is 2.48. The molecule has 5 nitrogen and oxygen atoms in total. The maximum atomic E-state index is 10.6. The number of ketones is 3. The maximum Gasteiger partial charge on any atom is 0.0886 e. The van der Waals surface area contributed by atoms with Crippen LogP contribution in [0.2, 0.25) is 0 Å². The summed E-state index contributed by atoms with van der Waals surface area (Å²) >= 11 is 0. The van der Waals surface area contributed by atoms with Crippen molar-refractivity contribution in [2.75, 3.05) is 0 Å². The Kier molecular flexibility index (Phi) is 10.5. The van der Waals surface area contributed by atoms with E-state index in [0.717, 1.165) is 11.4 Å². The minimum Gasteiger partial charge on any atom is -0.255 e. The second kappa shape index (κ2) is 11.2. The van der Waals surface area contributed by atoms with Gasteiger partial charge in [0.25, 0.3) is 0 Å². The van der Waals surface area contributed by atoms with Crippen molar-refractivity contribution in [3.63, 3.8) is 0 Å². The molecule has 0 saturated heterocycles. The first-order chi connectivity index (χ1) is 10.4. The van der Waals surface area contributed by atoms with Gasteiger partial charge in [0.15, 0.2) is 0 Å². The molecule has 0 bridgehead atoms. The van der Waals surface area contributed by atoms with Gasteiger partial charge in [0.1, 0.15) is 23.3 Å². The van der Waals surface area contributed by atoms with Crippen molar-refractivity contribution in [1.82, 2.24) is 9.97 Å². The van der Waals surface area contributed by atoms with E-state index in [0.29, 0.717) is 0 Å². The van der Waals surface area contributed by atoms with Crippen LogP contribution in [-0.2, 0) is 14.4 Å². The third-order valence-corrected chi connectivity index (χ3v) is 2.81. The zero-order valence-electron chi connectivity index (χ0n) is 12.8. The van der Waals surface area contributed by atoms with Crippen molar-refractivity contribution in [2.24, 2.45) is 5.92 Å². The molecule has 0 aliphatic carbocycles. The molecule has 2 heterocycles. The van der Waals surface area contributed by atoms with Gasteiger partial charge in [0, 0.05) is 12.4 Å². The molecule has 0 atom stereocenters. The fraction of sp³-hybridized carbons (Fsp3) is 0.235. The Labute approximate surface area is 165 Å². The van der Waals surface area contributed by atoms with Crippen molar-refractivity contribution in [2.45, 2.75) is 20.8 Å². The average molecular weight is 340 g/mol. The van der Waals surface area contributed by atoms with Crippen LogP contribution in [0.4, 0.5) is 0 Å². The zero-order valence-corrected chi connectivity index (χ0v) is 12.8. The first-order valence-electron chi connectivity index (χ1n) is 6.77. The number of carbonyl (C=O) groups excluding carboxylic acids is 3. The Hall–Kier alpha value is -1.43. The summed E-state index contributed by atoms with van der Waals surface area (Å²) in [6.07, 6.45) is 3.54. The smallest absolute Gasteiger partial charge is 0.0886 e. The van der Waals surface area contributed by atoms with Gasteiger partial charge in [-0.15, -0.1) is 0 Å². The first kappa shape index (κ1) is 21.6. The SMILES string of the molecule is CC(=O)C(C(C)=O)C(C)=O.[CaH2].c1ccc(-c2ccccn2)nc1. The van der Waals surface area contributed by atoms with Gasteiger partial charge in [-0.25, -0.2) is 0 Å². The minimum atomic E-state index is -1.03. The van der Waals surface area contributed by atoms with Crippen LogP contribution in [0.1, 0.15) is 20.8 Å². The number of aromatic nitrogens is 2. The molecule has 2 aromatic rings. The fourth-order valence-electron chi connectivity index (χ4n) is 1.89. The van der Waals surface area contributed by atoms with E-state index in [1.807, 2.05) is 36.4 Å². The number of rotatable bonds is 4. The molecule has 0 aliphatic rings. The predicted molar refractivity (Wildman–Crippen MR) is 91.5 cm³/mol. The van der Waals surface area contributed by atoms with E-state index in [1.54, 1.807) is 12.4 Å². The summed E-state index contributed by atoms with van der Waals surface area (Å²) in [7, 11) is 0. The van der Waals surface area contributed by atoms with Crippen molar-refractivity contribution < 1.29 is 14.4 Å². The molecule has 0 spiro atoms. The van der Waals surface area contributed by atoms with Crippen molar-refractivity contribution >= 4 is 55.1 Å². The Morgan fingerprint density at radius 2 is 1.09 bits per heavy atom. The van der Waals surface area contributed by atoms with E-state index >= 15 is 0 Å². The van der Waals surface area contributed by atoms with Gasteiger partial charge in [0.2, 0.25) is 0 Å². The maximum absolute atomic E-state index is 10.6. The Bertz CT molecular complexity index is 575. The summed E-state index contributed by atoms with van der Waals surface area (Å²) in [5, 5.41) is 0. The van der Waals surface area contributed by atoms with Gasteiger partial charge < -0.3 is 0 Å². The molecule has 118 valence electrons. The number of Topliss-reactive ketones (excluding diaryl/α,β-unsaturated/α-hetero) is 3. The Morgan fingerprint density at radius 1 is 0.739 bits per heavy atom. The Balaban J connectivity index is 0.000000412. The minimum absolute atomic E-state index is 0. The molecule has 6 heteroatoms. The quantitative estimate of drug-likeness (QED) is 0.624. The Morgan fingerprint density at radius 3 is 1.26 bits per heavy atom. The van der Waals surface area contributed by atoms with Crippen LogP contribution >= 0.6 is 0 Å². The van der Waals surface area contributed by atoms with E-state index in [1.165, 1.54) is 20.8 Å². The topological polar surface area (TPSA) is 77.0 Å². The molecular formula is C17H20CaN2O3. The molecule has 0 aromatic carbocycles. The van der Waals surface area contributed by atoms with Crippen LogP contribution in [0.15, 0.2) is 48.8 Å². The molecule has 2 rings (SSSR count). The summed E-state index contributed by atoms with van der Waals surface area (Å²) in [6, 6.07) is 11.6. The molecule has 23 heavy (non-hydrogen) atoms. The van der Waals surface area contributed by atoms with Gasteiger partial charge in [0.05, 0.1) is 11.4 Å². The molecule has 2 aromatic heterocycles.